The number of carbonyl (C=O) groups is 1. The van der Waals surface area contributed by atoms with Gasteiger partial charge in [0.25, 0.3) is 0 Å². The molecule has 0 bridgehead atoms. The van der Waals surface area contributed by atoms with E-state index in [1.165, 1.54) is 6.92 Å². The Morgan fingerprint density at radius 1 is 1.53 bits per heavy atom. The van der Waals surface area contributed by atoms with Gasteiger partial charge in [-0.05, 0) is 31.9 Å². The van der Waals surface area contributed by atoms with Crippen LogP contribution in [0.2, 0.25) is 10.0 Å². The fourth-order valence-corrected chi connectivity index (χ4v) is 2.23. The second-order valence-corrected chi connectivity index (χ2v) is 5.47. The molecular weight excluding hydrogens is 289 g/mol. The van der Waals surface area contributed by atoms with Crippen molar-refractivity contribution >= 4 is 29.2 Å². The molecule has 0 aromatic heterocycles. The van der Waals surface area contributed by atoms with Crippen LogP contribution >= 0.6 is 23.2 Å². The summed E-state index contributed by atoms with van der Waals surface area (Å²) in [7, 11) is 0. The van der Waals surface area contributed by atoms with Gasteiger partial charge < -0.3 is 15.2 Å². The number of hydrogen-bond acceptors (Lipinski definition) is 3. The molecule has 2 rings (SSSR count). The Morgan fingerprint density at radius 2 is 2.21 bits per heavy atom. The van der Waals surface area contributed by atoms with Crippen molar-refractivity contribution in [2.24, 2.45) is 0 Å². The van der Waals surface area contributed by atoms with Gasteiger partial charge in [0.1, 0.15) is 5.75 Å². The molecule has 1 aliphatic carbocycles. The van der Waals surface area contributed by atoms with Gasteiger partial charge in [0.2, 0.25) is 0 Å². The third-order valence-electron chi connectivity index (χ3n) is 2.89. The van der Waals surface area contributed by atoms with Crippen LogP contribution in [0.15, 0.2) is 12.1 Å². The average Bonchev–Trinajstić information content (AvgIpc) is 3.13. The van der Waals surface area contributed by atoms with E-state index in [1.54, 1.807) is 12.1 Å². The molecule has 1 aromatic rings. The summed E-state index contributed by atoms with van der Waals surface area (Å²) in [5, 5.41) is 13.1. The molecule has 0 amide bonds. The lowest BCUT2D eigenvalue weighted by molar-refractivity contribution is -0.144. The van der Waals surface area contributed by atoms with E-state index < -0.39 is 12.1 Å². The van der Waals surface area contributed by atoms with Gasteiger partial charge in [-0.2, -0.15) is 0 Å². The topological polar surface area (TPSA) is 58.6 Å². The average molecular weight is 304 g/mol. The molecule has 0 heterocycles. The van der Waals surface area contributed by atoms with Crippen LogP contribution in [0, 0.1) is 0 Å². The summed E-state index contributed by atoms with van der Waals surface area (Å²) in [6, 6.07) is 3.82. The molecule has 0 aliphatic heterocycles. The van der Waals surface area contributed by atoms with Crippen molar-refractivity contribution in [3.05, 3.63) is 27.7 Å². The molecule has 0 saturated heterocycles. The second-order valence-electron chi connectivity index (χ2n) is 4.63. The van der Waals surface area contributed by atoms with Crippen LogP contribution in [0.25, 0.3) is 0 Å². The van der Waals surface area contributed by atoms with Gasteiger partial charge in [0.15, 0.2) is 6.10 Å². The Labute approximate surface area is 121 Å². The Balaban J connectivity index is 2.19. The lowest BCUT2D eigenvalue weighted by atomic mass is 10.2. The zero-order valence-electron chi connectivity index (χ0n) is 10.5. The number of benzene rings is 1. The second kappa shape index (κ2) is 5.99. The third kappa shape index (κ3) is 4.00. The first-order valence-electron chi connectivity index (χ1n) is 6.08. The van der Waals surface area contributed by atoms with Crippen LogP contribution in [-0.2, 0) is 11.3 Å². The van der Waals surface area contributed by atoms with Crippen molar-refractivity contribution in [1.29, 1.82) is 0 Å². The van der Waals surface area contributed by atoms with Gasteiger partial charge in [0.05, 0.1) is 5.02 Å². The largest absolute Gasteiger partial charge is 0.479 e. The monoisotopic (exact) mass is 303 g/mol. The number of carboxylic acids is 1. The highest BCUT2D eigenvalue weighted by molar-refractivity contribution is 6.35. The normalized spacial score (nSPS) is 16.2. The molecule has 1 atom stereocenters. The molecule has 1 aromatic carbocycles. The maximum absolute atomic E-state index is 10.9. The van der Waals surface area contributed by atoms with Crippen LogP contribution in [-0.4, -0.2) is 23.2 Å². The quantitative estimate of drug-likeness (QED) is 0.848. The molecule has 4 nitrogen and oxygen atoms in total. The van der Waals surface area contributed by atoms with Crippen molar-refractivity contribution < 1.29 is 14.6 Å². The molecular formula is C13H15Cl2NO3. The Kier molecular flexibility index (Phi) is 4.55. The summed E-state index contributed by atoms with van der Waals surface area (Å²) in [5.74, 6) is -0.652. The van der Waals surface area contributed by atoms with E-state index in [1.807, 2.05) is 0 Å². The molecule has 1 unspecified atom stereocenters. The first-order chi connectivity index (χ1) is 8.97. The standard InChI is InChI=1S/C13H15Cl2NO3/c1-7(13(17)18)19-12-8(6-16-10-2-3-10)4-9(14)5-11(12)15/h4-5,7,10,16H,2-3,6H2,1H3,(H,17,18). The summed E-state index contributed by atoms with van der Waals surface area (Å²) >= 11 is 12.1. The van der Waals surface area contributed by atoms with E-state index >= 15 is 0 Å². The smallest absolute Gasteiger partial charge is 0.344 e. The fourth-order valence-electron chi connectivity index (χ4n) is 1.65. The Bertz CT molecular complexity index is 489. The number of halogens is 2. The predicted molar refractivity (Wildman–Crippen MR) is 74.0 cm³/mol. The summed E-state index contributed by atoms with van der Waals surface area (Å²) < 4.78 is 5.42. The zero-order valence-corrected chi connectivity index (χ0v) is 12.0. The van der Waals surface area contributed by atoms with Crippen LogP contribution < -0.4 is 10.1 Å². The Hall–Kier alpha value is -0.970. The minimum Gasteiger partial charge on any atom is -0.479 e. The van der Waals surface area contributed by atoms with Crippen LogP contribution in [0.3, 0.4) is 0 Å². The van der Waals surface area contributed by atoms with E-state index in [-0.39, 0.29) is 0 Å². The van der Waals surface area contributed by atoms with Crippen molar-refractivity contribution in [3.63, 3.8) is 0 Å². The highest BCUT2D eigenvalue weighted by Gasteiger charge is 2.22. The lowest BCUT2D eigenvalue weighted by Crippen LogP contribution is -2.24. The molecule has 1 saturated carbocycles. The van der Waals surface area contributed by atoms with Gasteiger partial charge in [-0.3, -0.25) is 0 Å². The van der Waals surface area contributed by atoms with E-state index in [2.05, 4.69) is 5.32 Å². The summed E-state index contributed by atoms with van der Waals surface area (Å²) in [6.07, 6.45) is 1.37. The van der Waals surface area contributed by atoms with Crippen molar-refractivity contribution in [3.8, 4) is 5.75 Å². The van der Waals surface area contributed by atoms with Gasteiger partial charge in [-0.15, -0.1) is 0 Å². The van der Waals surface area contributed by atoms with Crippen molar-refractivity contribution in [2.75, 3.05) is 0 Å². The SMILES string of the molecule is CC(Oc1c(Cl)cc(Cl)cc1CNC1CC1)C(=O)O. The maximum atomic E-state index is 10.9. The molecule has 1 aliphatic rings. The number of nitrogens with one attached hydrogen (secondary N) is 1. The maximum Gasteiger partial charge on any atom is 0.344 e. The molecule has 2 N–H and O–H groups in total. The lowest BCUT2D eigenvalue weighted by Gasteiger charge is -2.16. The highest BCUT2D eigenvalue weighted by atomic mass is 35.5. The van der Waals surface area contributed by atoms with Gasteiger partial charge in [-0.25, -0.2) is 4.79 Å². The number of aliphatic carboxylic acids is 1. The fraction of sp³-hybridized carbons (Fsp3) is 0.462. The van der Waals surface area contributed by atoms with E-state index in [4.69, 9.17) is 33.0 Å². The molecule has 1 fully saturated rings. The van der Waals surface area contributed by atoms with Crippen LogP contribution in [0.5, 0.6) is 5.75 Å². The van der Waals surface area contributed by atoms with E-state index in [0.29, 0.717) is 28.4 Å². The van der Waals surface area contributed by atoms with Gasteiger partial charge in [0, 0.05) is 23.2 Å². The minimum absolute atomic E-state index is 0.327. The summed E-state index contributed by atoms with van der Waals surface area (Å²) in [4.78, 5) is 10.9. The summed E-state index contributed by atoms with van der Waals surface area (Å²) in [6.45, 7) is 2.03. The summed E-state index contributed by atoms with van der Waals surface area (Å²) in [5.41, 5.74) is 0.775. The third-order valence-corrected chi connectivity index (χ3v) is 3.39. The van der Waals surface area contributed by atoms with E-state index in [9.17, 15) is 4.79 Å². The Morgan fingerprint density at radius 3 is 2.79 bits per heavy atom. The number of carboxylic acid groups (broad SMARTS) is 1. The van der Waals surface area contributed by atoms with E-state index in [0.717, 1.165) is 18.4 Å². The molecule has 104 valence electrons. The van der Waals surface area contributed by atoms with Gasteiger partial charge >= 0.3 is 5.97 Å². The number of hydrogen-bond donors (Lipinski definition) is 2. The first-order valence-corrected chi connectivity index (χ1v) is 6.83. The highest BCUT2D eigenvalue weighted by Crippen LogP contribution is 2.34. The predicted octanol–water partition coefficient (Wildman–Crippen LogP) is 3.10. The minimum atomic E-state index is -1.04. The molecule has 0 radical (unpaired) electrons. The zero-order chi connectivity index (χ0) is 14.0. The number of rotatable bonds is 6. The molecule has 6 heteroatoms. The van der Waals surface area contributed by atoms with Gasteiger partial charge in [-0.1, -0.05) is 23.2 Å². The number of ether oxygens (including phenoxy) is 1. The van der Waals surface area contributed by atoms with Crippen LogP contribution in [0.1, 0.15) is 25.3 Å². The molecule has 0 spiro atoms. The van der Waals surface area contributed by atoms with Crippen molar-refractivity contribution in [2.45, 2.75) is 38.5 Å². The van der Waals surface area contributed by atoms with Crippen LogP contribution in [0.4, 0.5) is 0 Å². The molecule has 19 heavy (non-hydrogen) atoms. The first kappa shape index (κ1) is 14.4. The van der Waals surface area contributed by atoms with Crippen molar-refractivity contribution in [1.82, 2.24) is 5.32 Å².